The molecule has 1 aromatic rings. The number of hydrogen-bond acceptors (Lipinski definition) is 2. The Hall–Kier alpha value is -1.23. The van der Waals surface area contributed by atoms with Gasteiger partial charge in [0.25, 0.3) is 0 Å². The standard InChI is InChI=1S/C12H16F3NO/c1-9(16-8-7-12(13,14)15)10-3-5-11(17-2)6-4-10/h3-6,9,16H,7-8H2,1-2H3/t9-/m0/s1. The predicted octanol–water partition coefficient (Wildman–Crippen LogP) is 3.30. The molecule has 0 unspecified atom stereocenters. The molecule has 0 aromatic heterocycles. The minimum absolute atomic E-state index is 0.0727. The first-order chi connectivity index (χ1) is 7.92. The third-order valence-electron chi connectivity index (χ3n) is 2.47. The fourth-order valence-corrected chi connectivity index (χ4v) is 1.44. The highest BCUT2D eigenvalue weighted by atomic mass is 19.4. The molecular formula is C12H16F3NO. The van der Waals surface area contributed by atoms with E-state index in [1.807, 2.05) is 19.1 Å². The van der Waals surface area contributed by atoms with Crippen molar-refractivity contribution in [1.82, 2.24) is 5.32 Å². The third kappa shape index (κ3) is 5.08. The van der Waals surface area contributed by atoms with E-state index >= 15 is 0 Å². The zero-order valence-corrected chi connectivity index (χ0v) is 9.84. The van der Waals surface area contributed by atoms with Crippen molar-refractivity contribution >= 4 is 0 Å². The van der Waals surface area contributed by atoms with Gasteiger partial charge in [0.05, 0.1) is 13.5 Å². The number of methoxy groups -OCH3 is 1. The van der Waals surface area contributed by atoms with Crippen molar-refractivity contribution in [2.24, 2.45) is 0 Å². The normalized spacial score (nSPS) is 13.5. The average molecular weight is 247 g/mol. The van der Waals surface area contributed by atoms with E-state index in [1.54, 1.807) is 19.2 Å². The predicted molar refractivity (Wildman–Crippen MR) is 60.1 cm³/mol. The molecule has 1 atom stereocenters. The monoisotopic (exact) mass is 247 g/mol. The van der Waals surface area contributed by atoms with E-state index in [0.717, 1.165) is 11.3 Å². The Labute approximate surface area is 98.8 Å². The summed E-state index contributed by atoms with van der Waals surface area (Å²) in [6, 6.07) is 7.14. The Morgan fingerprint density at radius 3 is 2.29 bits per heavy atom. The van der Waals surface area contributed by atoms with Crippen LogP contribution in [0.5, 0.6) is 5.75 Å². The van der Waals surface area contributed by atoms with E-state index in [4.69, 9.17) is 4.74 Å². The SMILES string of the molecule is COc1ccc([C@H](C)NCCC(F)(F)F)cc1. The Kier molecular flexibility index (Phi) is 4.81. The fourth-order valence-electron chi connectivity index (χ4n) is 1.44. The van der Waals surface area contributed by atoms with Crippen molar-refractivity contribution in [3.05, 3.63) is 29.8 Å². The summed E-state index contributed by atoms with van der Waals surface area (Å²) in [5, 5.41) is 2.83. The van der Waals surface area contributed by atoms with Crippen molar-refractivity contribution in [1.29, 1.82) is 0 Å². The summed E-state index contributed by atoms with van der Waals surface area (Å²) in [6.45, 7) is 1.76. The van der Waals surface area contributed by atoms with Crippen LogP contribution < -0.4 is 10.1 Å². The van der Waals surface area contributed by atoms with E-state index in [2.05, 4.69) is 5.32 Å². The van der Waals surface area contributed by atoms with E-state index < -0.39 is 12.6 Å². The van der Waals surface area contributed by atoms with Crippen LogP contribution in [0.2, 0.25) is 0 Å². The lowest BCUT2D eigenvalue weighted by atomic mass is 10.1. The molecule has 96 valence electrons. The smallest absolute Gasteiger partial charge is 0.390 e. The molecule has 1 aromatic carbocycles. The van der Waals surface area contributed by atoms with Crippen LogP contribution in [-0.2, 0) is 0 Å². The van der Waals surface area contributed by atoms with Gasteiger partial charge in [-0.2, -0.15) is 13.2 Å². The fraction of sp³-hybridized carbons (Fsp3) is 0.500. The second kappa shape index (κ2) is 5.91. The van der Waals surface area contributed by atoms with Gasteiger partial charge in [0.15, 0.2) is 0 Å². The van der Waals surface area contributed by atoms with Crippen molar-refractivity contribution < 1.29 is 17.9 Å². The Morgan fingerprint density at radius 2 is 1.82 bits per heavy atom. The molecule has 0 bridgehead atoms. The molecule has 0 spiro atoms. The van der Waals surface area contributed by atoms with Crippen LogP contribution in [0, 0.1) is 0 Å². The van der Waals surface area contributed by atoms with Crippen LogP contribution in [0.3, 0.4) is 0 Å². The number of alkyl halides is 3. The molecule has 0 amide bonds. The maximum Gasteiger partial charge on any atom is 0.390 e. The third-order valence-corrected chi connectivity index (χ3v) is 2.47. The molecule has 0 heterocycles. The van der Waals surface area contributed by atoms with Gasteiger partial charge >= 0.3 is 6.18 Å². The van der Waals surface area contributed by atoms with Gasteiger partial charge < -0.3 is 10.1 Å². The summed E-state index contributed by atoms with van der Waals surface area (Å²) in [5.74, 6) is 0.733. The lowest BCUT2D eigenvalue weighted by molar-refractivity contribution is -0.133. The second-order valence-corrected chi connectivity index (χ2v) is 3.81. The van der Waals surface area contributed by atoms with Crippen LogP contribution in [0.25, 0.3) is 0 Å². The van der Waals surface area contributed by atoms with E-state index in [0.29, 0.717) is 0 Å². The van der Waals surface area contributed by atoms with Gasteiger partial charge in [-0.25, -0.2) is 0 Å². The van der Waals surface area contributed by atoms with Crippen LogP contribution in [0.15, 0.2) is 24.3 Å². The van der Waals surface area contributed by atoms with Crippen LogP contribution >= 0.6 is 0 Å². The maximum atomic E-state index is 12.0. The Bertz CT molecular complexity index is 335. The molecule has 1 rings (SSSR count). The molecule has 0 radical (unpaired) electrons. The number of nitrogens with one attached hydrogen (secondary N) is 1. The van der Waals surface area contributed by atoms with Gasteiger partial charge in [-0.1, -0.05) is 12.1 Å². The highest BCUT2D eigenvalue weighted by molar-refractivity contribution is 5.28. The average Bonchev–Trinajstić information content (AvgIpc) is 2.27. The molecule has 0 saturated heterocycles. The van der Waals surface area contributed by atoms with Crippen molar-refractivity contribution in [3.63, 3.8) is 0 Å². The summed E-state index contributed by atoms with van der Waals surface area (Å²) >= 11 is 0. The number of halogens is 3. The van der Waals surface area contributed by atoms with Gasteiger partial charge in [0.1, 0.15) is 5.75 Å². The van der Waals surface area contributed by atoms with Crippen molar-refractivity contribution in [2.45, 2.75) is 25.6 Å². The highest BCUT2D eigenvalue weighted by Crippen LogP contribution is 2.20. The summed E-state index contributed by atoms with van der Waals surface area (Å²) in [5.41, 5.74) is 0.938. The lowest BCUT2D eigenvalue weighted by Crippen LogP contribution is -2.24. The number of hydrogen-bond donors (Lipinski definition) is 1. The highest BCUT2D eigenvalue weighted by Gasteiger charge is 2.26. The first kappa shape index (κ1) is 13.8. The zero-order valence-electron chi connectivity index (χ0n) is 9.84. The molecule has 0 fully saturated rings. The number of benzene rings is 1. The largest absolute Gasteiger partial charge is 0.497 e. The molecule has 1 N–H and O–H groups in total. The van der Waals surface area contributed by atoms with Gasteiger partial charge in [-0.15, -0.1) is 0 Å². The van der Waals surface area contributed by atoms with Gasteiger partial charge in [-0.3, -0.25) is 0 Å². The molecule has 0 saturated carbocycles. The number of rotatable bonds is 5. The molecule has 5 heteroatoms. The van der Waals surface area contributed by atoms with Crippen molar-refractivity contribution in [3.8, 4) is 5.75 Å². The zero-order chi connectivity index (χ0) is 12.9. The molecule has 0 aliphatic rings. The quantitative estimate of drug-likeness (QED) is 0.862. The van der Waals surface area contributed by atoms with Crippen molar-refractivity contribution in [2.75, 3.05) is 13.7 Å². The minimum atomic E-state index is -4.10. The Balaban J connectivity index is 2.43. The molecule has 17 heavy (non-hydrogen) atoms. The first-order valence-corrected chi connectivity index (χ1v) is 5.36. The summed E-state index contributed by atoms with van der Waals surface area (Å²) in [7, 11) is 1.57. The molecular weight excluding hydrogens is 231 g/mol. The van der Waals surface area contributed by atoms with Crippen LogP contribution in [0.1, 0.15) is 24.9 Å². The first-order valence-electron chi connectivity index (χ1n) is 5.36. The van der Waals surface area contributed by atoms with Crippen LogP contribution in [0.4, 0.5) is 13.2 Å². The maximum absolute atomic E-state index is 12.0. The number of ether oxygens (including phenoxy) is 1. The van der Waals surface area contributed by atoms with Crippen LogP contribution in [-0.4, -0.2) is 19.8 Å². The van der Waals surface area contributed by atoms with E-state index in [9.17, 15) is 13.2 Å². The van der Waals surface area contributed by atoms with E-state index in [-0.39, 0.29) is 12.6 Å². The molecule has 0 aliphatic heterocycles. The lowest BCUT2D eigenvalue weighted by Gasteiger charge is -2.15. The molecule has 2 nitrogen and oxygen atoms in total. The summed E-state index contributed by atoms with van der Waals surface area (Å²) in [4.78, 5) is 0. The second-order valence-electron chi connectivity index (χ2n) is 3.81. The summed E-state index contributed by atoms with van der Waals surface area (Å²) in [6.07, 6.45) is -4.92. The van der Waals surface area contributed by atoms with Gasteiger partial charge in [-0.05, 0) is 24.6 Å². The van der Waals surface area contributed by atoms with Gasteiger partial charge in [0.2, 0.25) is 0 Å². The molecule has 0 aliphatic carbocycles. The van der Waals surface area contributed by atoms with Gasteiger partial charge in [0, 0.05) is 12.6 Å². The Morgan fingerprint density at radius 1 is 1.24 bits per heavy atom. The van der Waals surface area contributed by atoms with E-state index in [1.165, 1.54) is 0 Å². The topological polar surface area (TPSA) is 21.3 Å². The summed E-state index contributed by atoms with van der Waals surface area (Å²) < 4.78 is 40.9. The minimum Gasteiger partial charge on any atom is -0.497 e.